The van der Waals surface area contributed by atoms with Crippen LogP contribution in [0.4, 0.5) is 5.69 Å². The summed E-state index contributed by atoms with van der Waals surface area (Å²) in [7, 11) is -3.46. The summed E-state index contributed by atoms with van der Waals surface area (Å²) in [5.41, 5.74) is 4.14. The van der Waals surface area contributed by atoms with Gasteiger partial charge in [-0.15, -0.1) is 11.3 Å². The molecule has 3 heterocycles. The fourth-order valence-corrected chi connectivity index (χ4v) is 7.13. The molecule has 1 unspecified atom stereocenters. The highest BCUT2D eigenvalue weighted by atomic mass is 32.2. The molecule has 0 aliphatic carbocycles. The topological polar surface area (TPSA) is 63.9 Å². The standard InChI is InChI=1S/C27H33N3O3S2/c1-20-5-9-23(10-6-20)28-27-30(18-24-4-3-17-33-24)26(19-34-27)22-7-11-25(12-8-22)35(31,32)29-15-13-21(2)14-16-29/h5-12,19,21,24H,3-4,13-18H2,1-2H3. The van der Waals surface area contributed by atoms with Crippen molar-refractivity contribution in [1.82, 2.24) is 8.87 Å². The molecule has 0 N–H and O–H groups in total. The molecule has 2 aliphatic heterocycles. The van der Waals surface area contributed by atoms with Gasteiger partial charge in [-0.3, -0.25) is 0 Å². The van der Waals surface area contributed by atoms with Crippen LogP contribution in [0.15, 0.2) is 63.8 Å². The number of piperidine rings is 1. The normalized spacial score (nSPS) is 20.5. The van der Waals surface area contributed by atoms with Crippen molar-refractivity contribution in [2.75, 3.05) is 19.7 Å². The highest BCUT2D eigenvalue weighted by molar-refractivity contribution is 7.89. The monoisotopic (exact) mass is 511 g/mol. The van der Waals surface area contributed by atoms with Crippen LogP contribution in [-0.2, 0) is 21.3 Å². The van der Waals surface area contributed by atoms with Crippen molar-refractivity contribution in [3.8, 4) is 11.3 Å². The average molecular weight is 512 g/mol. The first-order chi connectivity index (χ1) is 16.9. The lowest BCUT2D eigenvalue weighted by molar-refractivity contribution is 0.0968. The largest absolute Gasteiger partial charge is 0.376 e. The van der Waals surface area contributed by atoms with E-state index in [2.05, 4.69) is 35.9 Å². The number of thiazole rings is 1. The Balaban J connectivity index is 1.47. The van der Waals surface area contributed by atoms with E-state index in [0.29, 0.717) is 23.9 Å². The SMILES string of the molecule is Cc1ccc(N=c2scc(-c3ccc(S(=O)(=O)N4CCC(C)CC4)cc3)n2CC2CCCO2)cc1. The third-order valence-electron chi connectivity index (χ3n) is 7.00. The Morgan fingerprint density at radius 3 is 2.40 bits per heavy atom. The molecule has 6 nitrogen and oxygen atoms in total. The van der Waals surface area contributed by atoms with Gasteiger partial charge in [0.1, 0.15) is 0 Å². The third-order valence-corrected chi connectivity index (χ3v) is 9.77. The minimum atomic E-state index is -3.46. The van der Waals surface area contributed by atoms with Crippen molar-refractivity contribution in [2.24, 2.45) is 10.9 Å². The number of aryl methyl sites for hydroxylation is 1. The average Bonchev–Trinajstić information content (AvgIpc) is 3.52. The number of rotatable bonds is 6. The Morgan fingerprint density at radius 2 is 1.74 bits per heavy atom. The van der Waals surface area contributed by atoms with E-state index in [4.69, 9.17) is 9.73 Å². The first kappa shape index (κ1) is 24.4. The summed E-state index contributed by atoms with van der Waals surface area (Å²) in [5, 5.41) is 2.11. The molecule has 186 valence electrons. The third kappa shape index (κ3) is 5.45. The van der Waals surface area contributed by atoms with E-state index in [9.17, 15) is 8.42 Å². The molecule has 1 aromatic heterocycles. The van der Waals surface area contributed by atoms with E-state index >= 15 is 0 Å². The van der Waals surface area contributed by atoms with Crippen LogP contribution in [0, 0.1) is 12.8 Å². The molecule has 8 heteroatoms. The van der Waals surface area contributed by atoms with Gasteiger partial charge in [-0.1, -0.05) is 36.8 Å². The Bertz CT molecular complexity index is 1310. The lowest BCUT2D eigenvalue weighted by atomic mass is 10.0. The molecule has 0 radical (unpaired) electrons. The minimum absolute atomic E-state index is 0.168. The van der Waals surface area contributed by atoms with E-state index in [1.165, 1.54) is 5.56 Å². The molecule has 35 heavy (non-hydrogen) atoms. The summed E-state index contributed by atoms with van der Waals surface area (Å²) < 4.78 is 36.1. The zero-order valence-electron chi connectivity index (χ0n) is 20.4. The van der Waals surface area contributed by atoms with Crippen LogP contribution in [-0.4, -0.2) is 43.1 Å². The van der Waals surface area contributed by atoms with Crippen LogP contribution in [0.5, 0.6) is 0 Å². The van der Waals surface area contributed by atoms with Gasteiger partial charge in [0, 0.05) is 25.1 Å². The van der Waals surface area contributed by atoms with Crippen molar-refractivity contribution in [3.63, 3.8) is 0 Å². The molecule has 2 aromatic carbocycles. The first-order valence-corrected chi connectivity index (χ1v) is 14.7. The van der Waals surface area contributed by atoms with Gasteiger partial charge in [0.25, 0.3) is 0 Å². The summed E-state index contributed by atoms with van der Waals surface area (Å²) in [5.74, 6) is 0.584. The Kier molecular flexibility index (Phi) is 7.25. The van der Waals surface area contributed by atoms with Gasteiger partial charge >= 0.3 is 0 Å². The number of aromatic nitrogens is 1. The molecule has 0 amide bonds. The lowest BCUT2D eigenvalue weighted by Crippen LogP contribution is -2.37. The van der Waals surface area contributed by atoms with Crippen LogP contribution in [0.25, 0.3) is 11.3 Å². The van der Waals surface area contributed by atoms with Crippen LogP contribution in [0.1, 0.15) is 38.2 Å². The maximum atomic E-state index is 13.2. The number of ether oxygens (including phenoxy) is 1. The molecule has 0 spiro atoms. The van der Waals surface area contributed by atoms with Gasteiger partial charge in [0.2, 0.25) is 10.0 Å². The van der Waals surface area contributed by atoms with Crippen LogP contribution >= 0.6 is 11.3 Å². The molecular weight excluding hydrogens is 478 g/mol. The van der Waals surface area contributed by atoms with Crippen molar-refractivity contribution in [2.45, 2.75) is 57.1 Å². The summed E-state index contributed by atoms with van der Waals surface area (Å²) in [6.07, 6.45) is 4.13. The molecule has 5 rings (SSSR count). The Labute approximate surface area is 212 Å². The van der Waals surface area contributed by atoms with Gasteiger partial charge in [-0.05, 0) is 68.4 Å². The van der Waals surface area contributed by atoms with Crippen LogP contribution < -0.4 is 4.80 Å². The lowest BCUT2D eigenvalue weighted by Gasteiger charge is -2.29. The second-order valence-corrected chi connectivity index (χ2v) is 12.5. The maximum Gasteiger partial charge on any atom is 0.243 e. The fraction of sp³-hybridized carbons (Fsp3) is 0.444. The van der Waals surface area contributed by atoms with E-state index in [-0.39, 0.29) is 6.10 Å². The highest BCUT2D eigenvalue weighted by Crippen LogP contribution is 2.27. The van der Waals surface area contributed by atoms with E-state index < -0.39 is 10.0 Å². The molecule has 2 saturated heterocycles. The molecule has 3 aromatic rings. The number of sulfonamides is 1. The number of hydrogen-bond acceptors (Lipinski definition) is 5. The highest BCUT2D eigenvalue weighted by Gasteiger charge is 2.28. The predicted molar refractivity (Wildman–Crippen MR) is 140 cm³/mol. The molecule has 1 atom stereocenters. The van der Waals surface area contributed by atoms with Crippen molar-refractivity contribution in [3.05, 3.63) is 64.3 Å². The van der Waals surface area contributed by atoms with Crippen LogP contribution in [0.2, 0.25) is 0 Å². The van der Waals surface area contributed by atoms with E-state index in [1.54, 1.807) is 27.8 Å². The van der Waals surface area contributed by atoms with E-state index in [1.807, 2.05) is 24.3 Å². The van der Waals surface area contributed by atoms with Crippen molar-refractivity contribution < 1.29 is 13.2 Å². The number of nitrogens with zero attached hydrogens (tertiary/aromatic N) is 3. The van der Waals surface area contributed by atoms with Gasteiger partial charge in [0.15, 0.2) is 4.80 Å². The summed E-state index contributed by atoms with van der Waals surface area (Å²) in [4.78, 5) is 6.20. The van der Waals surface area contributed by atoms with Crippen molar-refractivity contribution in [1.29, 1.82) is 0 Å². The molecule has 0 saturated carbocycles. The van der Waals surface area contributed by atoms with Gasteiger partial charge < -0.3 is 9.30 Å². The number of hydrogen-bond donors (Lipinski definition) is 0. The van der Waals surface area contributed by atoms with Gasteiger partial charge in [-0.25, -0.2) is 13.4 Å². The second kappa shape index (κ2) is 10.4. The van der Waals surface area contributed by atoms with Gasteiger partial charge in [0.05, 0.1) is 28.9 Å². The quantitative estimate of drug-likeness (QED) is 0.448. The molecular formula is C27H33N3O3S2. The zero-order chi connectivity index (χ0) is 24.4. The Morgan fingerprint density at radius 1 is 1.03 bits per heavy atom. The fourth-order valence-electron chi connectivity index (χ4n) is 4.72. The first-order valence-electron chi connectivity index (χ1n) is 12.4. The molecule has 2 fully saturated rings. The van der Waals surface area contributed by atoms with Crippen molar-refractivity contribution >= 4 is 27.0 Å². The zero-order valence-corrected chi connectivity index (χ0v) is 22.0. The Hall–Kier alpha value is -2.26. The molecule has 0 bridgehead atoms. The summed E-state index contributed by atoms with van der Waals surface area (Å²) in [6, 6.07) is 15.5. The predicted octanol–water partition coefficient (Wildman–Crippen LogP) is 5.36. The van der Waals surface area contributed by atoms with Crippen LogP contribution in [0.3, 0.4) is 0 Å². The smallest absolute Gasteiger partial charge is 0.243 e. The molecule has 2 aliphatic rings. The van der Waals surface area contributed by atoms with Gasteiger partial charge in [-0.2, -0.15) is 4.31 Å². The second-order valence-electron chi connectivity index (χ2n) is 9.71. The summed E-state index contributed by atoms with van der Waals surface area (Å²) >= 11 is 1.60. The maximum absolute atomic E-state index is 13.2. The number of benzene rings is 2. The minimum Gasteiger partial charge on any atom is -0.376 e. The summed E-state index contributed by atoms with van der Waals surface area (Å²) in [6.45, 7) is 6.99. The van der Waals surface area contributed by atoms with E-state index in [0.717, 1.165) is 60.6 Å².